The smallest absolute Gasteiger partial charge is 0.323 e. The van der Waals surface area contributed by atoms with Crippen molar-refractivity contribution < 1.29 is 23.9 Å². The molecule has 0 saturated carbocycles. The van der Waals surface area contributed by atoms with E-state index in [9.17, 15) is 18.8 Å². The van der Waals surface area contributed by atoms with E-state index in [2.05, 4.69) is 0 Å². The molecule has 1 aliphatic heterocycles. The average molecular weight is 308 g/mol. The van der Waals surface area contributed by atoms with Gasteiger partial charge in [-0.1, -0.05) is 0 Å². The maximum atomic E-state index is 14.2. The second-order valence-corrected chi connectivity index (χ2v) is 5.51. The minimum absolute atomic E-state index is 0.111. The predicted molar refractivity (Wildman–Crippen MR) is 76.3 cm³/mol. The minimum atomic E-state index is -1.72. The van der Waals surface area contributed by atoms with Gasteiger partial charge in [0.1, 0.15) is 5.82 Å². The zero-order chi connectivity index (χ0) is 16.7. The number of nitrogens with zero attached hydrogens (tertiary/aromatic N) is 1. The van der Waals surface area contributed by atoms with Gasteiger partial charge in [-0.15, -0.1) is 0 Å². The Hall–Kier alpha value is -2.44. The predicted octanol–water partition coefficient (Wildman–Crippen LogP) is 1.15. The number of carbonyl (C=O) groups is 3. The number of carboxylic acid groups (broad SMARTS) is 1. The zero-order valence-electron chi connectivity index (χ0n) is 12.3. The van der Waals surface area contributed by atoms with Gasteiger partial charge in [-0.05, 0) is 32.0 Å². The number of hydrogen-bond acceptors (Lipinski definition) is 4. The highest BCUT2D eigenvalue weighted by Gasteiger charge is 2.51. The van der Waals surface area contributed by atoms with Crippen LogP contribution in [0.5, 0.6) is 0 Å². The van der Waals surface area contributed by atoms with Crippen LogP contribution in [0.25, 0.3) is 0 Å². The van der Waals surface area contributed by atoms with Gasteiger partial charge < -0.3 is 15.7 Å². The van der Waals surface area contributed by atoms with E-state index in [-0.39, 0.29) is 18.5 Å². The van der Waals surface area contributed by atoms with Gasteiger partial charge in [0, 0.05) is 24.2 Å². The molecule has 1 aromatic rings. The number of rotatable bonds is 3. The molecule has 2 atom stereocenters. The number of Topliss-reactive ketones (excluding diaryl/α,β-unsaturated/α-hetero) is 1. The Balaban J connectivity index is 2.58. The van der Waals surface area contributed by atoms with Crippen molar-refractivity contribution in [2.75, 3.05) is 12.3 Å². The SMILES string of the molecule is CCN1C(=O)C(C(=O)O)C(=O)C[C@@]1(C)c1cc(N)ccc1F. The average Bonchev–Trinajstić information content (AvgIpc) is 2.40. The first-order valence-electron chi connectivity index (χ1n) is 6.85. The summed E-state index contributed by atoms with van der Waals surface area (Å²) in [6.07, 6.45) is -0.274. The molecule has 1 amide bonds. The van der Waals surface area contributed by atoms with E-state index in [1.165, 1.54) is 23.1 Å². The summed E-state index contributed by atoms with van der Waals surface area (Å²) in [5, 5.41) is 9.07. The fraction of sp³-hybridized carbons (Fsp3) is 0.400. The lowest BCUT2D eigenvalue weighted by atomic mass is 9.77. The molecule has 118 valence electrons. The summed E-state index contributed by atoms with van der Waals surface area (Å²) >= 11 is 0. The lowest BCUT2D eigenvalue weighted by molar-refractivity contribution is -0.163. The third-order valence-corrected chi connectivity index (χ3v) is 4.08. The Morgan fingerprint density at radius 2 is 2.14 bits per heavy atom. The van der Waals surface area contributed by atoms with E-state index < -0.39 is 34.9 Å². The van der Waals surface area contributed by atoms with Crippen LogP contribution in [-0.2, 0) is 19.9 Å². The third-order valence-electron chi connectivity index (χ3n) is 4.08. The molecule has 0 aromatic heterocycles. The molecule has 22 heavy (non-hydrogen) atoms. The van der Waals surface area contributed by atoms with Gasteiger partial charge in [-0.2, -0.15) is 0 Å². The number of nitrogens with two attached hydrogens (primary N) is 1. The topological polar surface area (TPSA) is 101 Å². The number of carbonyl (C=O) groups excluding carboxylic acids is 2. The van der Waals surface area contributed by atoms with Crippen molar-refractivity contribution in [2.45, 2.75) is 25.8 Å². The van der Waals surface area contributed by atoms with Gasteiger partial charge in [0.25, 0.3) is 0 Å². The standard InChI is InChI=1S/C15H17FN2O4/c1-3-18-13(20)12(14(21)22)11(19)7-15(18,2)9-6-8(17)4-5-10(9)16/h4-6,12H,3,7,17H2,1-2H3,(H,21,22)/t12?,15-/m0/s1. The van der Waals surface area contributed by atoms with Gasteiger partial charge in [0.15, 0.2) is 11.7 Å². The normalized spacial score (nSPS) is 25.4. The van der Waals surface area contributed by atoms with Crippen molar-refractivity contribution in [3.63, 3.8) is 0 Å². The molecule has 0 radical (unpaired) electrons. The quantitative estimate of drug-likeness (QED) is 0.644. The van der Waals surface area contributed by atoms with E-state index in [0.29, 0.717) is 5.69 Å². The Morgan fingerprint density at radius 1 is 1.50 bits per heavy atom. The first-order chi connectivity index (χ1) is 10.2. The van der Waals surface area contributed by atoms with Gasteiger partial charge in [0.2, 0.25) is 5.91 Å². The molecule has 2 rings (SSSR count). The van der Waals surface area contributed by atoms with Crippen LogP contribution in [0.2, 0.25) is 0 Å². The number of amides is 1. The zero-order valence-corrected chi connectivity index (χ0v) is 12.3. The number of anilines is 1. The summed E-state index contributed by atoms with van der Waals surface area (Å²) in [5.41, 5.74) is 4.83. The van der Waals surface area contributed by atoms with E-state index in [0.717, 1.165) is 0 Å². The molecule has 7 heteroatoms. The first kappa shape index (κ1) is 15.9. The number of benzene rings is 1. The second kappa shape index (κ2) is 5.40. The summed E-state index contributed by atoms with van der Waals surface area (Å²) in [4.78, 5) is 36.8. The van der Waals surface area contributed by atoms with E-state index in [1.54, 1.807) is 13.8 Å². The van der Waals surface area contributed by atoms with Crippen molar-refractivity contribution in [1.29, 1.82) is 0 Å². The molecule has 0 aliphatic carbocycles. The summed E-state index contributed by atoms with van der Waals surface area (Å²) in [6.45, 7) is 3.35. The number of hydrogen-bond donors (Lipinski definition) is 2. The number of carboxylic acids is 1. The second-order valence-electron chi connectivity index (χ2n) is 5.51. The molecule has 0 bridgehead atoms. The Morgan fingerprint density at radius 3 is 2.68 bits per heavy atom. The van der Waals surface area contributed by atoms with Gasteiger partial charge in [-0.3, -0.25) is 14.4 Å². The van der Waals surface area contributed by atoms with Crippen LogP contribution in [0.4, 0.5) is 10.1 Å². The monoisotopic (exact) mass is 308 g/mol. The number of aliphatic carboxylic acids is 1. The molecular formula is C15H17FN2O4. The van der Waals surface area contributed by atoms with Crippen LogP contribution >= 0.6 is 0 Å². The summed E-state index contributed by atoms with van der Waals surface area (Å²) in [6, 6.07) is 3.92. The summed E-state index contributed by atoms with van der Waals surface area (Å²) < 4.78 is 14.2. The largest absolute Gasteiger partial charge is 0.480 e. The van der Waals surface area contributed by atoms with E-state index in [1.807, 2.05) is 0 Å². The molecule has 1 fully saturated rings. The highest BCUT2D eigenvalue weighted by molar-refractivity contribution is 6.18. The van der Waals surface area contributed by atoms with Crippen molar-refractivity contribution in [1.82, 2.24) is 4.90 Å². The number of halogens is 1. The highest BCUT2D eigenvalue weighted by atomic mass is 19.1. The maximum absolute atomic E-state index is 14.2. The van der Waals surface area contributed by atoms with Crippen molar-refractivity contribution in [3.05, 3.63) is 29.6 Å². The van der Waals surface area contributed by atoms with Crippen LogP contribution < -0.4 is 5.73 Å². The number of piperidine rings is 1. The van der Waals surface area contributed by atoms with Crippen LogP contribution in [0.15, 0.2) is 18.2 Å². The fourth-order valence-electron chi connectivity index (χ4n) is 3.02. The molecule has 1 aliphatic rings. The fourth-order valence-corrected chi connectivity index (χ4v) is 3.02. The molecule has 1 aromatic carbocycles. The van der Waals surface area contributed by atoms with E-state index in [4.69, 9.17) is 10.8 Å². The molecule has 3 N–H and O–H groups in total. The van der Waals surface area contributed by atoms with Gasteiger partial charge in [-0.25, -0.2) is 4.39 Å². The van der Waals surface area contributed by atoms with Crippen molar-refractivity contribution in [2.24, 2.45) is 5.92 Å². The van der Waals surface area contributed by atoms with Crippen LogP contribution in [0, 0.1) is 11.7 Å². The highest BCUT2D eigenvalue weighted by Crippen LogP contribution is 2.40. The van der Waals surface area contributed by atoms with Crippen LogP contribution in [0.1, 0.15) is 25.8 Å². The van der Waals surface area contributed by atoms with Crippen LogP contribution in [-0.4, -0.2) is 34.2 Å². The Labute approximate surface area is 126 Å². The summed E-state index contributed by atoms with van der Waals surface area (Å²) in [5.74, 6) is -5.35. The molecule has 1 saturated heterocycles. The van der Waals surface area contributed by atoms with Crippen molar-refractivity contribution >= 4 is 23.3 Å². The lowest BCUT2D eigenvalue weighted by Crippen LogP contribution is -2.59. The number of likely N-dealkylation sites (tertiary alicyclic amines) is 1. The minimum Gasteiger partial charge on any atom is -0.480 e. The lowest BCUT2D eigenvalue weighted by Gasteiger charge is -2.45. The molecule has 1 heterocycles. The van der Waals surface area contributed by atoms with Crippen molar-refractivity contribution in [3.8, 4) is 0 Å². The van der Waals surface area contributed by atoms with Crippen LogP contribution in [0.3, 0.4) is 0 Å². The number of ketones is 1. The Bertz CT molecular complexity index is 661. The molecule has 6 nitrogen and oxygen atoms in total. The first-order valence-corrected chi connectivity index (χ1v) is 6.85. The Kier molecular flexibility index (Phi) is 3.91. The summed E-state index contributed by atoms with van der Waals surface area (Å²) in [7, 11) is 0. The molecule has 0 spiro atoms. The number of nitrogen functional groups attached to an aromatic ring is 1. The molecule has 1 unspecified atom stereocenters. The maximum Gasteiger partial charge on any atom is 0.323 e. The van der Waals surface area contributed by atoms with Gasteiger partial charge in [0.05, 0.1) is 5.54 Å². The van der Waals surface area contributed by atoms with Gasteiger partial charge >= 0.3 is 5.97 Å². The van der Waals surface area contributed by atoms with E-state index >= 15 is 0 Å². The third kappa shape index (κ3) is 2.32. The molecular weight excluding hydrogens is 291 g/mol.